The van der Waals surface area contributed by atoms with Gasteiger partial charge in [-0.1, -0.05) is 6.92 Å². The van der Waals surface area contributed by atoms with E-state index in [1.165, 1.54) is 0 Å². The maximum atomic E-state index is 12.3. The first-order valence-electron chi connectivity index (χ1n) is 6.23. The van der Waals surface area contributed by atoms with Gasteiger partial charge in [0.05, 0.1) is 18.1 Å². The fourth-order valence-electron chi connectivity index (χ4n) is 2.73. The second-order valence-corrected chi connectivity index (χ2v) is 5.24. The molecule has 2 rings (SSSR count). The Morgan fingerprint density at radius 2 is 1.81 bits per heavy atom. The Labute approximate surface area is 97.3 Å². The number of carbonyl (C=O) groups excluding carboxylic acids is 1. The van der Waals surface area contributed by atoms with Gasteiger partial charge in [-0.05, 0) is 26.3 Å². The summed E-state index contributed by atoms with van der Waals surface area (Å²) in [6.07, 6.45) is 0.328. The van der Waals surface area contributed by atoms with Gasteiger partial charge in [0.1, 0.15) is 0 Å². The molecule has 2 aliphatic heterocycles. The van der Waals surface area contributed by atoms with Crippen molar-refractivity contribution in [2.45, 2.75) is 33.0 Å². The first-order chi connectivity index (χ1) is 7.58. The van der Waals surface area contributed by atoms with Crippen LogP contribution in [0.25, 0.3) is 0 Å². The minimum absolute atomic E-state index is 0.164. The standard InChI is InChI=1S/C12H22N2O2/c1-8-4-13-5-11(8)12(15)14-6-9(2)16-10(3)7-14/h8-11,13H,4-7H2,1-3H3. The number of rotatable bonds is 1. The zero-order valence-corrected chi connectivity index (χ0v) is 10.4. The highest BCUT2D eigenvalue weighted by Gasteiger charge is 2.35. The smallest absolute Gasteiger partial charge is 0.227 e. The third-order valence-electron chi connectivity index (χ3n) is 3.57. The first-order valence-corrected chi connectivity index (χ1v) is 6.23. The van der Waals surface area contributed by atoms with Gasteiger partial charge < -0.3 is 15.0 Å². The maximum Gasteiger partial charge on any atom is 0.227 e. The number of nitrogens with zero attached hydrogens (tertiary/aromatic N) is 1. The zero-order chi connectivity index (χ0) is 11.7. The van der Waals surface area contributed by atoms with Crippen molar-refractivity contribution in [3.05, 3.63) is 0 Å². The second kappa shape index (κ2) is 4.72. The lowest BCUT2D eigenvalue weighted by atomic mass is 9.96. The van der Waals surface area contributed by atoms with E-state index in [1.807, 2.05) is 18.7 Å². The molecule has 1 N–H and O–H groups in total. The third kappa shape index (κ3) is 2.38. The van der Waals surface area contributed by atoms with E-state index in [2.05, 4.69) is 12.2 Å². The summed E-state index contributed by atoms with van der Waals surface area (Å²) in [7, 11) is 0. The fourth-order valence-corrected chi connectivity index (χ4v) is 2.73. The van der Waals surface area contributed by atoms with Crippen molar-refractivity contribution in [2.24, 2.45) is 11.8 Å². The number of morpholine rings is 1. The zero-order valence-electron chi connectivity index (χ0n) is 10.4. The van der Waals surface area contributed by atoms with Crippen LogP contribution in [0.4, 0.5) is 0 Å². The SMILES string of the molecule is CC1CN(C(=O)C2CNCC2C)CC(C)O1. The van der Waals surface area contributed by atoms with Crippen LogP contribution in [0.5, 0.6) is 0 Å². The Morgan fingerprint density at radius 1 is 1.19 bits per heavy atom. The molecule has 2 heterocycles. The summed E-state index contributed by atoms with van der Waals surface area (Å²) in [6.45, 7) is 9.50. The lowest BCUT2D eigenvalue weighted by molar-refractivity contribution is -0.147. The number of hydrogen-bond acceptors (Lipinski definition) is 3. The predicted octanol–water partition coefficient (Wildman–Crippen LogP) is 0.478. The summed E-state index contributed by atoms with van der Waals surface area (Å²) in [5.41, 5.74) is 0. The molecule has 0 radical (unpaired) electrons. The number of hydrogen-bond donors (Lipinski definition) is 1. The maximum absolute atomic E-state index is 12.3. The van der Waals surface area contributed by atoms with E-state index < -0.39 is 0 Å². The summed E-state index contributed by atoms with van der Waals surface area (Å²) in [5.74, 6) is 0.929. The lowest BCUT2D eigenvalue weighted by Crippen LogP contribution is -2.51. The number of amides is 1. The van der Waals surface area contributed by atoms with Crippen LogP contribution in [0, 0.1) is 11.8 Å². The normalized spacial score (nSPS) is 40.1. The Hall–Kier alpha value is -0.610. The average Bonchev–Trinajstić information content (AvgIpc) is 2.62. The molecule has 0 bridgehead atoms. The third-order valence-corrected chi connectivity index (χ3v) is 3.57. The molecule has 2 fully saturated rings. The molecule has 2 aliphatic rings. The Balaban J connectivity index is 1.98. The molecule has 0 aliphatic carbocycles. The van der Waals surface area contributed by atoms with Gasteiger partial charge in [-0.3, -0.25) is 4.79 Å². The topological polar surface area (TPSA) is 41.6 Å². The molecule has 4 nitrogen and oxygen atoms in total. The van der Waals surface area contributed by atoms with E-state index in [-0.39, 0.29) is 18.1 Å². The number of carbonyl (C=O) groups is 1. The van der Waals surface area contributed by atoms with Gasteiger partial charge in [0, 0.05) is 19.6 Å². The van der Waals surface area contributed by atoms with E-state index in [1.54, 1.807) is 0 Å². The summed E-state index contributed by atoms with van der Waals surface area (Å²) < 4.78 is 5.65. The summed E-state index contributed by atoms with van der Waals surface area (Å²) in [5, 5.41) is 3.29. The largest absolute Gasteiger partial charge is 0.372 e. The van der Waals surface area contributed by atoms with Crippen molar-refractivity contribution in [3.8, 4) is 0 Å². The number of ether oxygens (including phenoxy) is 1. The Kier molecular flexibility index (Phi) is 3.50. The Morgan fingerprint density at radius 3 is 2.31 bits per heavy atom. The Bertz CT molecular complexity index is 260. The van der Waals surface area contributed by atoms with E-state index in [4.69, 9.17) is 4.74 Å². The highest BCUT2D eigenvalue weighted by atomic mass is 16.5. The summed E-state index contributed by atoms with van der Waals surface area (Å²) >= 11 is 0. The van der Waals surface area contributed by atoms with Crippen LogP contribution in [0.15, 0.2) is 0 Å². The van der Waals surface area contributed by atoms with Crippen molar-refractivity contribution in [2.75, 3.05) is 26.2 Å². The molecule has 0 aromatic rings. The van der Waals surface area contributed by atoms with Crippen LogP contribution in [-0.2, 0) is 9.53 Å². The second-order valence-electron chi connectivity index (χ2n) is 5.24. The summed E-state index contributed by atoms with van der Waals surface area (Å²) in [6, 6.07) is 0. The fraction of sp³-hybridized carbons (Fsp3) is 0.917. The van der Waals surface area contributed by atoms with Crippen molar-refractivity contribution >= 4 is 5.91 Å². The van der Waals surface area contributed by atoms with E-state index >= 15 is 0 Å². The molecule has 4 unspecified atom stereocenters. The molecule has 0 aromatic heterocycles. The molecule has 2 saturated heterocycles. The van der Waals surface area contributed by atoms with Gasteiger partial charge in [0.15, 0.2) is 0 Å². The molecule has 0 saturated carbocycles. The lowest BCUT2D eigenvalue weighted by Gasteiger charge is -2.37. The van der Waals surface area contributed by atoms with E-state index in [0.717, 1.165) is 26.2 Å². The van der Waals surface area contributed by atoms with Gasteiger partial charge in [-0.2, -0.15) is 0 Å². The molecule has 16 heavy (non-hydrogen) atoms. The minimum atomic E-state index is 0.164. The minimum Gasteiger partial charge on any atom is -0.372 e. The molecule has 92 valence electrons. The predicted molar refractivity (Wildman–Crippen MR) is 62.1 cm³/mol. The molecule has 0 spiro atoms. The van der Waals surface area contributed by atoms with Crippen LogP contribution in [0.2, 0.25) is 0 Å². The molecule has 4 heteroatoms. The van der Waals surface area contributed by atoms with E-state index in [9.17, 15) is 4.79 Å². The van der Waals surface area contributed by atoms with Gasteiger partial charge in [0.2, 0.25) is 5.91 Å². The van der Waals surface area contributed by atoms with Gasteiger partial charge in [-0.25, -0.2) is 0 Å². The van der Waals surface area contributed by atoms with Gasteiger partial charge in [0.25, 0.3) is 0 Å². The van der Waals surface area contributed by atoms with Crippen molar-refractivity contribution in [1.82, 2.24) is 10.2 Å². The molecule has 0 aromatic carbocycles. The van der Waals surface area contributed by atoms with Crippen LogP contribution in [-0.4, -0.2) is 49.2 Å². The van der Waals surface area contributed by atoms with Crippen LogP contribution < -0.4 is 5.32 Å². The quantitative estimate of drug-likeness (QED) is 0.707. The van der Waals surface area contributed by atoms with Crippen LogP contribution >= 0.6 is 0 Å². The van der Waals surface area contributed by atoms with Crippen molar-refractivity contribution in [3.63, 3.8) is 0 Å². The monoisotopic (exact) mass is 226 g/mol. The highest BCUT2D eigenvalue weighted by molar-refractivity contribution is 5.80. The van der Waals surface area contributed by atoms with Gasteiger partial charge in [-0.15, -0.1) is 0 Å². The first kappa shape index (κ1) is 11.9. The van der Waals surface area contributed by atoms with Crippen molar-refractivity contribution in [1.29, 1.82) is 0 Å². The van der Waals surface area contributed by atoms with Crippen molar-refractivity contribution < 1.29 is 9.53 Å². The molecule has 4 atom stereocenters. The highest BCUT2D eigenvalue weighted by Crippen LogP contribution is 2.21. The average molecular weight is 226 g/mol. The summed E-state index contributed by atoms with van der Waals surface area (Å²) in [4.78, 5) is 14.3. The van der Waals surface area contributed by atoms with Gasteiger partial charge >= 0.3 is 0 Å². The van der Waals surface area contributed by atoms with E-state index in [0.29, 0.717) is 11.8 Å². The van der Waals surface area contributed by atoms with Crippen LogP contribution in [0.3, 0.4) is 0 Å². The molecule has 1 amide bonds. The molecular weight excluding hydrogens is 204 g/mol. The van der Waals surface area contributed by atoms with Crippen LogP contribution in [0.1, 0.15) is 20.8 Å². The number of nitrogens with one attached hydrogen (secondary N) is 1. The molecular formula is C12H22N2O2.